The van der Waals surface area contributed by atoms with Gasteiger partial charge in [-0.1, -0.05) is 48.6 Å². The lowest BCUT2D eigenvalue weighted by molar-refractivity contribution is -0.360. The zero-order valence-electron chi connectivity index (χ0n) is 14.2. The number of anilines is 1. The smallest absolute Gasteiger partial charge is 0.0590 e. The van der Waals surface area contributed by atoms with Crippen molar-refractivity contribution in [3.8, 4) is 0 Å². The number of nitrogens with zero attached hydrogens (tertiary/aromatic N) is 1. The molecule has 2 bridgehead atoms. The fourth-order valence-corrected chi connectivity index (χ4v) is 4.91. The average Bonchev–Trinajstić information content (AvgIpc) is 3.42. The normalized spacial score (nSPS) is 31.2. The van der Waals surface area contributed by atoms with Crippen LogP contribution in [0.1, 0.15) is 12.0 Å². The van der Waals surface area contributed by atoms with Crippen LogP contribution in [0.15, 0.2) is 72.2 Å². The highest BCUT2D eigenvalue weighted by Gasteiger charge is 2.49. The molecule has 1 aliphatic heterocycles. The first-order chi connectivity index (χ1) is 12.3. The number of ether oxygens (including phenoxy) is 1. The fourth-order valence-electron chi connectivity index (χ4n) is 4.91. The van der Waals surface area contributed by atoms with Gasteiger partial charge in [-0.25, -0.2) is 0 Å². The summed E-state index contributed by atoms with van der Waals surface area (Å²) in [6.45, 7) is 2.69. The van der Waals surface area contributed by atoms with Crippen molar-refractivity contribution in [2.75, 3.05) is 18.0 Å². The van der Waals surface area contributed by atoms with Gasteiger partial charge in [0.25, 0.3) is 0 Å². The second-order valence-electron chi connectivity index (χ2n) is 7.60. The van der Waals surface area contributed by atoms with E-state index in [4.69, 9.17) is 4.74 Å². The lowest BCUT2D eigenvalue weighted by atomic mass is 9.86. The van der Waals surface area contributed by atoms with Gasteiger partial charge in [-0.3, -0.25) is 0 Å². The van der Waals surface area contributed by atoms with Gasteiger partial charge in [-0.05, 0) is 53.4 Å². The van der Waals surface area contributed by atoms with Crippen molar-refractivity contribution >= 4 is 5.69 Å². The van der Waals surface area contributed by atoms with E-state index in [0.717, 1.165) is 29.2 Å². The van der Waals surface area contributed by atoms with Gasteiger partial charge in [0.1, 0.15) is 0 Å². The summed E-state index contributed by atoms with van der Waals surface area (Å²) in [6.07, 6.45) is 13.5. The highest BCUT2D eigenvalue weighted by molar-refractivity contribution is 5.49. The Balaban J connectivity index is 1.22. The lowest BCUT2D eigenvalue weighted by Gasteiger charge is -2.22. The quantitative estimate of drug-likeness (QED) is 0.628. The minimum absolute atomic E-state index is 0.260. The van der Waals surface area contributed by atoms with Gasteiger partial charge in [0.15, 0.2) is 0 Å². The topological polar surface area (TPSA) is 35.5 Å². The van der Waals surface area contributed by atoms with E-state index in [2.05, 4.69) is 41.3 Å². The predicted octanol–water partition coefficient (Wildman–Crippen LogP) is 3.16. The standard InChI is InChI=1S/C22H23NO2/c24-22(16-3-1-2-4-16)25-14-15-5-9-19(10-6-15)23-12-20-17-7-8-18(11-17)21(20)13-23/h1-10,17-18,20-21,24H,11-14H2/p-1. The van der Waals surface area contributed by atoms with E-state index in [1.54, 1.807) is 12.2 Å². The average molecular weight is 332 g/mol. The summed E-state index contributed by atoms with van der Waals surface area (Å²) in [5.41, 5.74) is 2.94. The van der Waals surface area contributed by atoms with Crippen LogP contribution in [0, 0.1) is 23.7 Å². The van der Waals surface area contributed by atoms with Crippen molar-refractivity contribution in [2.45, 2.75) is 13.0 Å². The summed E-state index contributed by atoms with van der Waals surface area (Å²) in [6, 6.07) is 8.49. The molecule has 4 atom stereocenters. The van der Waals surface area contributed by atoms with E-state index >= 15 is 0 Å². The highest BCUT2D eigenvalue weighted by atomic mass is 16.6. The third-order valence-corrected chi connectivity index (χ3v) is 6.23. The molecule has 1 aromatic rings. The Bertz CT molecular complexity index is 753. The Morgan fingerprint density at radius 3 is 2.28 bits per heavy atom. The summed E-state index contributed by atoms with van der Waals surface area (Å²) in [7, 11) is 0. The van der Waals surface area contributed by atoms with Crippen LogP contribution in [-0.4, -0.2) is 13.1 Å². The Morgan fingerprint density at radius 2 is 1.64 bits per heavy atom. The molecule has 25 heavy (non-hydrogen) atoms. The third-order valence-electron chi connectivity index (χ3n) is 6.23. The molecule has 2 fully saturated rings. The van der Waals surface area contributed by atoms with Gasteiger partial charge in [0.05, 0.1) is 5.95 Å². The van der Waals surface area contributed by atoms with E-state index < -0.39 is 0 Å². The molecule has 0 N–H and O–H groups in total. The summed E-state index contributed by atoms with van der Waals surface area (Å²) in [4.78, 5) is 2.53. The second kappa shape index (κ2) is 5.83. The van der Waals surface area contributed by atoms with Crippen molar-refractivity contribution in [1.82, 2.24) is 0 Å². The molecule has 1 saturated heterocycles. The highest BCUT2D eigenvalue weighted by Crippen LogP contribution is 2.51. The molecule has 3 nitrogen and oxygen atoms in total. The molecule has 3 aliphatic carbocycles. The molecule has 128 valence electrons. The van der Waals surface area contributed by atoms with Crippen molar-refractivity contribution in [3.63, 3.8) is 0 Å². The van der Waals surface area contributed by atoms with E-state index in [9.17, 15) is 5.11 Å². The number of rotatable bonds is 4. The summed E-state index contributed by atoms with van der Waals surface area (Å²) in [5.74, 6) is 3.06. The number of benzene rings is 1. The fraction of sp³-hybridized carbons (Fsp3) is 0.364. The van der Waals surface area contributed by atoms with E-state index in [0.29, 0.717) is 12.2 Å². The maximum Gasteiger partial charge on any atom is 0.0590 e. The Kier molecular flexibility index (Phi) is 3.47. The summed E-state index contributed by atoms with van der Waals surface area (Å²) in [5, 5.41) is 11.9. The van der Waals surface area contributed by atoms with Crippen LogP contribution >= 0.6 is 0 Å². The summed E-state index contributed by atoms with van der Waals surface area (Å²) < 4.78 is 5.37. The molecule has 1 saturated carbocycles. The zero-order valence-corrected chi connectivity index (χ0v) is 14.2. The van der Waals surface area contributed by atoms with Gasteiger partial charge in [-0.15, -0.1) is 0 Å². The monoisotopic (exact) mass is 332 g/mol. The van der Waals surface area contributed by atoms with Crippen LogP contribution < -0.4 is 10.0 Å². The molecule has 5 rings (SSSR count). The van der Waals surface area contributed by atoms with Gasteiger partial charge < -0.3 is 14.7 Å². The number of hydrogen-bond donors (Lipinski definition) is 0. The molecular weight excluding hydrogens is 310 g/mol. The Morgan fingerprint density at radius 1 is 1.00 bits per heavy atom. The van der Waals surface area contributed by atoms with Crippen LogP contribution in [-0.2, 0) is 11.3 Å². The van der Waals surface area contributed by atoms with Crippen LogP contribution in [0.4, 0.5) is 5.69 Å². The SMILES string of the molecule is [O-]C(OCc1ccc(N2CC3C4C=CC(C4)C3C2)cc1)=C1C=CC=C1. The van der Waals surface area contributed by atoms with Gasteiger partial charge in [-0.2, -0.15) is 0 Å². The lowest BCUT2D eigenvalue weighted by Crippen LogP contribution is -2.22. The van der Waals surface area contributed by atoms with Crippen LogP contribution in [0.5, 0.6) is 0 Å². The molecule has 1 heterocycles. The third kappa shape index (κ3) is 2.58. The minimum Gasteiger partial charge on any atom is -0.608 e. The first-order valence-electron chi connectivity index (χ1n) is 9.19. The van der Waals surface area contributed by atoms with Gasteiger partial charge in [0, 0.05) is 25.4 Å². The number of hydrogen-bond acceptors (Lipinski definition) is 3. The van der Waals surface area contributed by atoms with Crippen molar-refractivity contribution in [2.24, 2.45) is 23.7 Å². The molecule has 4 unspecified atom stereocenters. The van der Waals surface area contributed by atoms with E-state index in [1.807, 2.05) is 12.2 Å². The molecule has 4 aliphatic rings. The number of fused-ring (bicyclic) bond motifs is 5. The minimum atomic E-state index is -0.260. The van der Waals surface area contributed by atoms with Gasteiger partial charge in [0.2, 0.25) is 0 Å². The molecule has 0 amide bonds. The number of allylic oxidation sites excluding steroid dienone is 7. The zero-order chi connectivity index (χ0) is 16.8. The molecule has 0 aromatic heterocycles. The Hall–Kier alpha value is -2.42. The molecule has 0 radical (unpaired) electrons. The molecule has 3 heteroatoms. The van der Waals surface area contributed by atoms with E-state index in [1.165, 1.54) is 25.2 Å². The second-order valence-corrected chi connectivity index (χ2v) is 7.60. The van der Waals surface area contributed by atoms with Crippen LogP contribution in [0.2, 0.25) is 0 Å². The van der Waals surface area contributed by atoms with Crippen molar-refractivity contribution < 1.29 is 9.84 Å². The predicted molar refractivity (Wildman–Crippen MR) is 96.5 cm³/mol. The van der Waals surface area contributed by atoms with E-state index in [-0.39, 0.29) is 5.95 Å². The van der Waals surface area contributed by atoms with Gasteiger partial charge >= 0.3 is 0 Å². The largest absolute Gasteiger partial charge is 0.608 e. The van der Waals surface area contributed by atoms with Crippen LogP contribution in [0.25, 0.3) is 0 Å². The van der Waals surface area contributed by atoms with Crippen molar-refractivity contribution in [1.29, 1.82) is 0 Å². The molecule has 0 spiro atoms. The first kappa shape index (κ1) is 14.9. The van der Waals surface area contributed by atoms with Crippen LogP contribution in [0.3, 0.4) is 0 Å². The maximum atomic E-state index is 11.9. The Labute approximate surface area is 148 Å². The summed E-state index contributed by atoms with van der Waals surface area (Å²) >= 11 is 0. The molecule has 1 aromatic carbocycles. The maximum absolute atomic E-state index is 11.9. The van der Waals surface area contributed by atoms with Crippen molar-refractivity contribution in [3.05, 3.63) is 77.8 Å². The molecular formula is C22H22NO2-. The first-order valence-corrected chi connectivity index (χ1v) is 9.19.